The van der Waals surface area contributed by atoms with Gasteiger partial charge in [-0.3, -0.25) is 9.69 Å². The lowest BCUT2D eigenvalue weighted by Crippen LogP contribution is -2.54. The van der Waals surface area contributed by atoms with E-state index in [9.17, 15) is 4.79 Å². The van der Waals surface area contributed by atoms with Crippen LogP contribution in [0.2, 0.25) is 0 Å². The van der Waals surface area contributed by atoms with Gasteiger partial charge in [0.25, 0.3) is 0 Å². The van der Waals surface area contributed by atoms with Crippen LogP contribution >= 0.6 is 0 Å². The Labute approximate surface area is 103 Å². The number of carboxylic acids is 1. The van der Waals surface area contributed by atoms with Gasteiger partial charge in [-0.1, -0.05) is 6.92 Å². The molecule has 1 atom stereocenters. The molecule has 2 N–H and O–H groups in total. The second-order valence-corrected chi connectivity index (χ2v) is 5.19. The first-order chi connectivity index (χ1) is 7.94. The minimum absolute atomic E-state index is 0.175. The molecule has 1 saturated heterocycles. The van der Waals surface area contributed by atoms with Gasteiger partial charge in [0, 0.05) is 19.6 Å². The summed E-state index contributed by atoms with van der Waals surface area (Å²) in [6.45, 7) is 9.65. The van der Waals surface area contributed by atoms with E-state index in [-0.39, 0.29) is 5.60 Å². The third kappa shape index (κ3) is 5.02. The number of morpholine rings is 1. The molecule has 1 unspecified atom stereocenters. The molecule has 0 saturated carbocycles. The van der Waals surface area contributed by atoms with Crippen molar-refractivity contribution in [1.29, 1.82) is 0 Å². The minimum Gasteiger partial charge on any atom is -0.480 e. The lowest BCUT2D eigenvalue weighted by Gasteiger charge is -2.39. The van der Waals surface area contributed by atoms with Crippen molar-refractivity contribution in [3.05, 3.63) is 0 Å². The van der Waals surface area contributed by atoms with Crippen molar-refractivity contribution in [2.24, 2.45) is 0 Å². The topological polar surface area (TPSA) is 61.8 Å². The standard InChI is InChI=1S/C12H24N2O3/c1-4-5-13-10(11(15)16)8-14-6-7-17-12(2,3)9-14/h10,13H,4-9H2,1-3H3,(H,15,16). The van der Waals surface area contributed by atoms with E-state index in [4.69, 9.17) is 9.84 Å². The van der Waals surface area contributed by atoms with Gasteiger partial charge in [0.2, 0.25) is 0 Å². The van der Waals surface area contributed by atoms with E-state index in [1.807, 2.05) is 20.8 Å². The van der Waals surface area contributed by atoms with Gasteiger partial charge in [-0.15, -0.1) is 0 Å². The first kappa shape index (κ1) is 14.4. The van der Waals surface area contributed by atoms with E-state index in [1.54, 1.807) is 0 Å². The largest absolute Gasteiger partial charge is 0.480 e. The maximum atomic E-state index is 11.1. The molecule has 0 bridgehead atoms. The molecule has 0 spiro atoms. The highest BCUT2D eigenvalue weighted by molar-refractivity contribution is 5.73. The Hall–Kier alpha value is -0.650. The van der Waals surface area contributed by atoms with Crippen molar-refractivity contribution in [3.63, 3.8) is 0 Å². The number of nitrogens with zero attached hydrogens (tertiary/aromatic N) is 1. The highest BCUT2D eigenvalue weighted by atomic mass is 16.5. The van der Waals surface area contributed by atoms with Crippen LogP contribution in [0.3, 0.4) is 0 Å². The number of aliphatic carboxylic acids is 1. The number of ether oxygens (including phenoxy) is 1. The molecule has 0 amide bonds. The Bertz CT molecular complexity index is 256. The monoisotopic (exact) mass is 244 g/mol. The van der Waals surface area contributed by atoms with Gasteiger partial charge in [-0.05, 0) is 26.8 Å². The third-order valence-electron chi connectivity index (χ3n) is 2.88. The van der Waals surface area contributed by atoms with Gasteiger partial charge < -0.3 is 15.2 Å². The number of hydrogen-bond donors (Lipinski definition) is 2. The van der Waals surface area contributed by atoms with E-state index in [1.165, 1.54) is 0 Å². The van der Waals surface area contributed by atoms with E-state index >= 15 is 0 Å². The molecular formula is C12H24N2O3. The summed E-state index contributed by atoms with van der Waals surface area (Å²) in [5.41, 5.74) is -0.175. The number of hydrogen-bond acceptors (Lipinski definition) is 4. The van der Waals surface area contributed by atoms with Crippen molar-refractivity contribution in [2.45, 2.75) is 38.8 Å². The molecule has 5 heteroatoms. The smallest absolute Gasteiger partial charge is 0.322 e. The van der Waals surface area contributed by atoms with Crippen molar-refractivity contribution >= 4 is 5.97 Å². The van der Waals surface area contributed by atoms with Gasteiger partial charge in [0.15, 0.2) is 0 Å². The number of rotatable bonds is 6. The molecule has 1 rings (SSSR count). The van der Waals surface area contributed by atoms with Crippen LogP contribution in [0.5, 0.6) is 0 Å². The van der Waals surface area contributed by atoms with Crippen LogP contribution in [0, 0.1) is 0 Å². The predicted molar refractivity (Wildman–Crippen MR) is 66.2 cm³/mol. The van der Waals surface area contributed by atoms with Crippen LogP contribution < -0.4 is 5.32 Å². The Morgan fingerprint density at radius 2 is 2.29 bits per heavy atom. The van der Waals surface area contributed by atoms with Crippen LogP contribution in [0.1, 0.15) is 27.2 Å². The maximum absolute atomic E-state index is 11.1. The van der Waals surface area contributed by atoms with E-state index < -0.39 is 12.0 Å². The van der Waals surface area contributed by atoms with Crippen molar-refractivity contribution in [3.8, 4) is 0 Å². The fourth-order valence-electron chi connectivity index (χ4n) is 2.08. The Balaban J connectivity index is 2.46. The summed E-state index contributed by atoms with van der Waals surface area (Å²) in [6, 6.07) is -0.483. The summed E-state index contributed by atoms with van der Waals surface area (Å²) >= 11 is 0. The van der Waals surface area contributed by atoms with Crippen molar-refractivity contribution in [1.82, 2.24) is 10.2 Å². The molecule has 1 heterocycles. The molecule has 1 aliphatic rings. The number of nitrogens with one attached hydrogen (secondary N) is 1. The Kier molecular flexibility index (Phi) is 5.36. The molecule has 5 nitrogen and oxygen atoms in total. The molecule has 100 valence electrons. The molecular weight excluding hydrogens is 220 g/mol. The van der Waals surface area contributed by atoms with Crippen LogP contribution in [-0.2, 0) is 9.53 Å². The first-order valence-corrected chi connectivity index (χ1v) is 6.27. The fourth-order valence-corrected chi connectivity index (χ4v) is 2.08. The molecule has 0 radical (unpaired) electrons. The number of carboxylic acid groups (broad SMARTS) is 1. The van der Waals surface area contributed by atoms with E-state index in [0.717, 1.165) is 26.1 Å². The molecule has 1 aliphatic heterocycles. The van der Waals surface area contributed by atoms with Gasteiger partial charge in [0.1, 0.15) is 6.04 Å². The lowest BCUT2D eigenvalue weighted by molar-refractivity contribution is -0.141. The fraction of sp³-hybridized carbons (Fsp3) is 0.917. The molecule has 0 aromatic carbocycles. The normalized spacial score (nSPS) is 22.3. The highest BCUT2D eigenvalue weighted by Gasteiger charge is 2.29. The van der Waals surface area contributed by atoms with Crippen LogP contribution in [-0.4, -0.2) is 60.4 Å². The van der Waals surface area contributed by atoms with Crippen molar-refractivity contribution < 1.29 is 14.6 Å². The van der Waals surface area contributed by atoms with Gasteiger partial charge >= 0.3 is 5.97 Å². The lowest BCUT2D eigenvalue weighted by atomic mass is 10.1. The Morgan fingerprint density at radius 3 is 2.82 bits per heavy atom. The summed E-state index contributed by atoms with van der Waals surface area (Å²) in [4.78, 5) is 13.3. The summed E-state index contributed by atoms with van der Waals surface area (Å²) in [6.07, 6.45) is 0.943. The second kappa shape index (κ2) is 6.33. The predicted octanol–water partition coefficient (Wildman–Crippen LogP) is 0.550. The molecule has 0 aliphatic carbocycles. The highest BCUT2D eigenvalue weighted by Crippen LogP contribution is 2.16. The molecule has 0 aromatic heterocycles. The van der Waals surface area contributed by atoms with Gasteiger partial charge in [0.05, 0.1) is 12.2 Å². The summed E-state index contributed by atoms with van der Waals surface area (Å²) < 4.78 is 5.61. The minimum atomic E-state index is -0.775. The molecule has 0 aromatic rings. The third-order valence-corrected chi connectivity index (χ3v) is 2.88. The Morgan fingerprint density at radius 1 is 1.59 bits per heavy atom. The SMILES string of the molecule is CCCNC(CN1CCOC(C)(C)C1)C(=O)O. The summed E-state index contributed by atoms with van der Waals surface area (Å²) in [5, 5.41) is 12.2. The molecule has 17 heavy (non-hydrogen) atoms. The number of carbonyl (C=O) groups is 1. The zero-order valence-corrected chi connectivity index (χ0v) is 11.0. The van der Waals surface area contributed by atoms with Crippen molar-refractivity contribution in [2.75, 3.05) is 32.8 Å². The molecule has 1 fully saturated rings. The second-order valence-electron chi connectivity index (χ2n) is 5.19. The van der Waals surface area contributed by atoms with Gasteiger partial charge in [-0.25, -0.2) is 0 Å². The average molecular weight is 244 g/mol. The van der Waals surface area contributed by atoms with Crippen LogP contribution in [0.15, 0.2) is 0 Å². The summed E-state index contributed by atoms with van der Waals surface area (Å²) in [5.74, 6) is -0.775. The van der Waals surface area contributed by atoms with E-state index in [0.29, 0.717) is 13.2 Å². The summed E-state index contributed by atoms with van der Waals surface area (Å²) in [7, 11) is 0. The van der Waals surface area contributed by atoms with Crippen LogP contribution in [0.25, 0.3) is 0 Å². The van der Waals surface area contributed by atoms with E-state index in [2.05, 4.69) is 10.2 Å². The van der Waals surface area contributed by atoms with Crippen LogP contribution in [0.4, 0.5) is 0 Å². The zero-order valence-electron chi connectivity index (χ0n) is 11.0. The first-order valence-electron chi connectivity index (χ1n) is 6.27. The quantitative estimate of drug-likeness (QED) is 0.714. The van der Waals surface area contributed by atoms with Gasteiger partial charge in [-0.2, -0.15) is 0 Å². The maximum Gasteiger partial charge on any atom is 0.322 e. The average Bonchev–Trinajstić information content (AvgIpc) is 2.22. The zero-order chi connectivity index (χ0) is 12.9.